The average Bonchev–Trinajstić information content (AvgIpc) is 2.88. The zero-order valence-corrected chi connectivity index (χ0v) is 24.4. The Kier molecular flexibility index (Phi) is 14.1. The van der Waals surface area contributed by atoms with Crippen LogP contribution in [0.4, 0.5) is 11.4 Å². The monoisotopic (exact) mass is 608 g/mol. The molecule has 36 heavy (non-hydrogen) atoms. The minimum atomic E-state index is 0. The zero-order chi connectivity index (χ0) is 24.2. The van der Waals surface area contributed by atoms with Gasteiger partial charge in [-0.05, 0) is 46.5 Å². The van der Waals surface area contributed by atoms with E-state index in [1.54, 1.807) is 0 Å². The van der Waals surface area contributed by atoms with E-state index >= 15 is 0 Å². The Bertz CT molecular complexity index is 1080. The Labute approximate surface area is 236 Å². The molecule has 2 aromatic heterocycles. The predicted octanol–water partition coefficient (Wildman–Crippen LogP) is -0.518. The highest BCUT2D eigenvalue weighted by atomic mass is 79.9. The number of benzene rings is 2. The highest BCUT2D eigenvalue weighted by Gasteiger charge is 1.95. The van der Waals surface area contributed by atoms with Crippen molar-refractivity contribution < 1.29 is 43.9 Å². The van der Waals surface area contributed by atoms with Crippen LogP contribution in [0.2, 0.25) is 0 Å². The van der Waals surface area contributed by atoms with Gasteiger partial charge >= 0.3 is 0 Å². The standard InChI is InChI=1S/2C15H16N2.2BrH/c2*1-17(2)15-7-5-13(6-8-15)3-4-14-9-11-16-12-10-14;;/h2*3-12H,1-2H3;2*1H. The fourth-order valence-corrected chi connectivity index (χ4v) is 3.17. The van der Waals surface area contributed by atoms with Gasteiger partial charge in [0.25, 0.3) is 0 Å². The first-order valence-corrected chi connectivity index (χ1v) is 11.3. The third-order valence-corrected chi connectivity index (χ3v) is 5.24. The summed E-state index contributed by atoms with van der Waals surface area (Å²) in [5, 5.41) is 0. The molecule has 4 aromatic rings. The summed E-state index contributed by atoms with van der Waals surface area (Å²) in [7, 11) is 8.19. The Hall–Kier alpha value is -3.22. The molecule has 4 nitrogen and oxygen atoms in total. The Morgan fingerprint density at radius 3 is 0.917 bits per heavy atom. The topological polar surface area (TPSA) is 34.8 Å². The molecular formula is C30H34Br2N4. The third-order valence-electron chi connectivity index (χ3n) is 5.24. The summed E-state index contributed by atoms with van der Waals surface area (Å²) in [6.45, 7) is 0. The summed E-state index contributed by atoms with van der Waals surface area (Å²) in [5.41, 5.74) is 7.25. The number of anilines is 2. The van der Waals surface area contributed by atoms with E-state index in [0.717, 1.165) is 0 Å². The van der Waals surface area contributed by atoms with Crippen LogP contribution in [0.15, 0.2) is 97.6 Å². The van der Waals surface area contributed by atoms with Crippen LogP contribution in [-0.2, 0) is 0 Å². The van der Waals surface area contributed by atoms with E-state index in [1.165, 1.54) is 33.6 Å². The van der Waals surface area contributed by atoms with E-state index in [0.29, 0.717) is 0 Å². The van der Waals surface area contributed by atoms with Gasteiger partial charge in [0.1, 0.15) is 0 Å². The van der Waals surface area contributed by atoms with Crippen LogP contribution >= 0.6 is 0 Å². The van der Waals surface area contributed by atoms with Gasteiger partial charge in [-0.15, -0.1) is 0 Å². The fraction of sp³-hybridized carbons (Fsp3) is 0.133. The lowest BCUT2D eigenvalue weighted by Crippen LogP contribution is -3.00. The molecule has 2 N–H and O–H groups in total. The maximum Gasteiger partial charge on any atom is 0.167 e. The number of H-pyrrole nitrogens is 2. The van der Waals surface area contributed by atoms with E-state index in [1.807, 2.05) is 77.2 Å². The number of nitrogens with zero attached hydrogens (tertiary/aromatic N) is 2. The van der Waals surface area contributed by atoms with Crippen LogP contribution in [0.25, 0.3) is 24.3 Å². The summed E-state index contributed by atoms with van der Waals surface area (Å²) in [5.74, 6) is 0. The lowest BCUT2D eigenvalue weighted by atomic mass is 10.1. The molecule has 0 saturated heterocycles. The van der Waals surface area contributed by atoms with Crippen LogP contribution < -0.4 is 53.7 Å². The molecule has 0 bridgehead atoms. The van der Waals surface area contributed by atoms with Gasteiger partial charge < -0.3 is 43.8 Å². The predicted molar refractivity (Wildman–Crippen MR) is 145 cm³/mol. The number of nitrogens with one attached hydrogen (secondary N) is 2. The zero-order valence-electron chi connectivity index (χ0n) is 21.2. The molecular weight excluding hydrogens is 576 g/mol. The molecule has 0 saturated carbocycles. The van der Waals surface area contributed by atoms with Gasteiger partial charge in [-0.3, -0.25) is 0 Å². The summed E-state index contributed by atoms with van der Waals surface area (Å²) >= 11 is 0. The van der Waals surface area contributed by atoms with Crippen LogP contribution in [0.1, 0.15) is 22.3 Å². The molecule has 0 unspecified atom stereocenters. The molecule has 0 radical (unpaired) electrons. The van der Waals surface area contributed by atoms with E-state index in [9.17, 15) is 0 Å². The van der Waals surface area contributed by atoms with Crippen molar-refractivity contribution in [3.05, 3.63) is 120 Å². The highest BCUT2D eigenvalue weighted by molar-refractivity contribution is 5.71. The number of rotatable bonds is 6. The molecule has 4 rings (SSSR count). The minimum Gasteiger partial charge on any atom is -1.00 e. The second-order valence-corrected chi connectivity index (χ2v) is 8.31. The lowest BCUT2D eigenvalue weighted by Gasteiger charge is -2.11. The summed E-state index contributed by atoms with van der Waals surface area (Å²) in [4.78, 5) is 10.2. The Morgan fingerprint density at radius 2 is 0.667 bits per heavy atom. The molecule has 2 aromatic carbocycles. The smallest absolute Gasteiger partial charge is 0.167 e. The minimum absolute atomic E-state index is 0. The fourth-order valence-electron chi connectivity index (χ4n) is 3.17. The van der Waals surface area contributed by atoms with Gasteiger partial charge in [0.15, 0.2) is 24.8 Å². The molecule has 6 heteroatoms. The lowest BCUT2D eigenvalue weighted by molar-refractivity contribution is -0.378. The van der Waals surface area contributed by atoms with E-state index in [4.69, 9.17) is 0 Å². The molecule has 188 valence electrons. The molecule has 0 aliphatic rings. The number of hydrogen-bond donors (Lipinski definition) is 0. The number of aromatic amines is 2. The maximum absolute atomic E-state index is 3.01. The Balaban J connectivity index is 0.000000341. The molecule has 0 atom stereocenters. The molecule has 2 heterocycles. The first kappa shape index (κ1) is 30.8. The first-order chi connectivity index (χ1) is 16.5. The summed E-state index contributed by atoms with van der Waals surface area (Å²) in [6.07, 6.45) is 16.2. The average molecular weight is 610 g/mol. The van der Waals surface area contributed by atoms with Crippen molar-refractivity contribution in [3.63, 3.8) is 0 Å². The van der Waals surface area contributed by atoms with Crippen LogP contribution in [0.5, 0.6) is 0 Å². The molecule has 0 aliphatic carbocycles. The number of hydrogen-bond acceptors (Lipinski definition) is 2. The highest BCUT2D eigenvalue weighted by Crippen LogP contribution is 2.15. The van der Waals surface area contributed by atoms with Gasteiger partial charge in [0.05, 0.1) is 0 Å². The third kappa shape index (κ3) is 10.6. The van der Waals surface area contributed by atoms with E-state index < -0.39 is 0 Å². The van der Waals surface area contributed by atoms with Crippen molar-refractivity contribution in [1.29, 1.82) is 0 Å². The number of halogens is 2. The molecule has 0 aliphatic heterocycles. The van der Waals surface area contributed by atoms with Crippen LogP contribution in [0.3, 0.4) is 0 Å². The maximum atomic E-state index is 3.01. The summed E-state index contributed by atoms with van der Waals surface area (Å²) in [6, 6.07) is 25.2. The number of aromatic nitrogens is 2. The van der Waals surface area contributed by atoms with Gasteiger partial charge in [0.2, 0.25) is 0 Å². The van der Waals surface area contributed by atoms with E-state index in [-0.39, 0.29) is 34.0 Å². The van der Waals surface area contributed by atoms with Crippen molar-refractivity contribution in [2.24, 2.45) is 0 Å². The van der Waals surface area contributed by atoms with Crippen molar-refractivity contribution in [2.75, 3.05) is 38.0 Å². The van der Waals surface area contributed by atoms with Crippen molar-refractivity contribution in [1.82, 2.24) is 0 Å². The van der Waals surface area contributed by atoms with Crippen LogP contribution in [0, 0.1) is 0 Å². The molecule has 0 fully saturated rings. The quantitative estimate of drug-likeness (QED) is 0.295. The van der Waals surface area contributed by atoms with Crippen molar-refractivity contribution in [3.8, 4) is 0 Å². The second-order valence-electron chi connectivity index (χ2n) is 8.31. The van der Waals surface area contributed by atoms with Gasteiger partial charge in [-0.1, -0.05) is 48.6 Å². The second kappa shape index (κ2) is 16.5. The van der Waals surface area contributed by atoms with Crippen LogP contribution in [-0.4, -0.2) is 28.2 Å². The molecule has 0 amide bonds. The SMILES string of the molecule is CN(C)c1ccc(C=Cc2cc[nH+]cc2)cc1.CN(C)c1ccc(C=Cc2cc[nH+]cc2)cc1.[Br-].[Br-]. The summed E-state index contributed by atoms with van der Waals surface area (Å²) < 4.78 is 0. The Morgan fingerprint density at radius 1 is 0.417 bits per heavy atom. The van der Waals surface area contributed by atoms with Gasteiger partial charge in [0, 0.05) is 63.8 Å². The van der Waals surface area contributed by atoms with E-state index in [2.05, 4.69) is 92.6 Å². The van der Waals surface area contributed by atoms with Crippen molar-refractivity contribution in [2.45, 2.75) is 0 Å². The largest absolute Gasteiger partial charge is 1.00 e. The van der Waals surface area contributed by atoms with Gasteiger partial charge in [-0.2, -0.15) is 0 Å². The normalized spacial score (nSPS) is 10.1. The van der Waals surface area contributed by atoms with Gasteiger partial charge in [-0.25, -0.2) is 9.97 Å². The van der Waals surface area contributed by atoms with Crippen molar-refractivity contribution >= 4 is 35.7 Å². The first-order valence-electron chi connectivity index (χ1n) is 11.3. The molecule has 0 spiro atoms. The number of pyridine rings is 2.